The van der Waals surface area contributed by atoms with E-state index in [1.54, 1.807) is 24.3 Å². The number of aromatic nitrogens is 2. The zero-order valence-corrected chi connectivity index (χ0v) is 14.4. The second kappa shape index (κ2) is 8.05. The molecule has 2 aromatic rings. The molecule has 5 nitrogen and oxygen atoms in total. The van der Waals surface area contributed by atoms with E-state index in [0.717, 1.165) is 31.4 Å². The lowest BCUT2D eigenvalue weighted by Crippen LogP contribution is -2.43. The second-order valence-electron chi connectivity index (χ2n) is 6.34. The molecule has 1 unspecified atom stereocenters. The fraction of sp³-hybridized carbons (Fsp3) is 0.421. The third-order valence-corrected chi connectivity index (χ3v) is 4.63. The molecule has 1 N–H and O–H groups in total. The van der Waals surface area contributed by atoms with Crippen LogP contribution >= 0.6 is 0 Å². The van der Waals surface area contributed by atoms with Crippen molar-refractivity contribution in [3.05, 3.63) is 53.5 Å². The molecule has 25 heavy (non-hydrogen) atoms. The van der Waals surface area contributed by atoms with Crippen LogP contribution in [0.15, 0.2) is 36.4 Å². The Morgan fingerprint density at radius 1 is 1.20 bits per heavy atom. The Bertz CT molecular complexity index is 702. The standard InChI is InChI=1S/C19H23FN4O/c1-2-16-5-3-4-12-24(16)19(25)17-10-11-18(23-22-17)21-13-14-6-8-15(20)9-7-14/h6-11,16H,2-5,12-13H2,1H3,(H,21,23). The molecule has 2 heterocycles. The van der Waals surface area contributed by atoms with Gasteiger partial charge in [0.1, 0.15) is 11.6 Å². The Morgan fingerprint density at radius 3 is 2.68 bits per heavy atom. The molecule has 132 valence electrons. The largest absolute Gasteiger partial charge is 0.365 e. The Kier molecular flexibility index (Phi) is 5.58. The highest BCUT2D eigenvalue weighted by Crippen LogP contribution is 2.21. The zero-order valence-electron chi connectivity index (χ0n) is 14.4. The number of nitrogens with one attached hydrogen (secondary N) is 1. The number of piperidine rings is 1. The smallest absolute Gasteiger partial charge is 0.274 e. The van der Waals surface area contributed by atoms with Gasteiger partial charge in [-0.1, -0.05) is 19.1 Å². The van der Waals surface area contributed by atoms with Gasteiger partial charge in [-0.05, 0) is 55.5 Å². The van der Waals surface area contributed by atoms with E-state index in [4.69, 9.17) is 0 Å². The molecule has 1 atom stereocenters. The normalized spacial score (nSPS) is 17.4. The highest BCUT2D eigenvalue weighted by molar-refractivity contribution is 5.92. The van der Waals surface area contributed by atoms with Crippen LogP contribution in [-0.4, -0.2) is 33.6 Å². The molecule has 0 spiro atoms. The summed E-state index contributed by atoms with van der Waals surface area (Å²) >= 11 is 0. The number of hydrogen-bond acceptors (Lipinski definition) is 4. The number of anilines is 1. The molecule has 1 amide bonds. The van der Waals surface area contributed by atoms with Crippen LogP contribution in [0.2, 0.25) is 0 Å². The third-order valence-electron chi connectivity index (χ3n) is 4.63. The van der Waals surface area contributed by atoms with Gasteiger partial charge in [0, 0.05) is 19.1 Å². The van der Waals surface area contributed by atoms with Crippen LogP contribution in [0.25, 0.3) is 0 Å². The van der Waals surface area contributed by atoms with E-state index < -0.39 is 0 Å². The molecule has 6 heteroatoms. The Hall–Kier alpha value is -2.50. The summed E-state index contributed by atoms with van der Waals surface area (Å²) in [6.45, 7) is 3.43. The van der Waals surface area contributed by atoms with Crippen LogP contribution < -0.4 is 5.32 Å². The summed E-state index contributed by atoms with van der Waals surface area (Å²) < 4.78 is 12.9. The Labute approximate surface area is 147 Å². The third kappa shape index (κ3) is 4.32. The summed E-state index contributed by atoms with van der Waals surface area (Å²) in [6, 6.07) is 10.1. The number of hydrogen-bond donors (Lipinski definition) is 1. The van der Waals surface area contributed by atoms with E-state index in [1.807, 2.05) is 4.90 Å². The van der Waals surface area contributed by atoms with Crippen LogP contribution in [0.1, 0.15) is 48.7 Å². The van der Waals surface area contributed by atoms with Gasteiger partial charge < -0.3 is 10.2 Å². The molecule has 1 fully saturated rings. The number of nitrogens with zero attached hydrogens (tertiary/aromatic N) is 3. The van der Waals surface area contributed by atoms with Gasteiger partial charge in [0.2, 0.25) is 0 Å². The Balaban J connectivity index is 1.61. The first-order chi connectivity index (χ1) is 12.2. The topological polar surface area (TPSA) is 58.1 Å². The van der Waals surface area contributed by atoms with Gasteiger partial charge in [-0.25, -0.2) is 4.39 Å². The minimum Gasteiger partial charge on any atom is -0.365 e. The molecule has 0 saturated carbocycles. The van der Waals surface area contributed by atoms with Gasteiger partial charge in [-0.2, -0.15) is 0 Å². The SMILES string of the molecule is CCC1CCCCN1C(=O)c1ccc(NCc2ccc(F)cc2)nn1. The van der Waals surface area contributed by atoms with Crippen molar-refractivity contribution in [2.45, 2.75) is 45.2 Å². The maximum Gasteiger partial charge on any atom is 0.274 e. The van der Waals surface area contributed by atoms with Gasteiger partial charge >= 0.3 is 0 Å². The van der Waals surface area contributed by atoms with Crippen molar-refractivity contribution in [3.8, 4) is 0 Å². The van der Waals surface area contributed by atoms with E-state index in [1.165, 1.54) is 18.6 Å². The van der Waals surface area contributed by atoms with E-state index >= 15 is 0 Å². The van der Waals surface area contributed by atoms with Gasteiger partial charge in [-0.3, -0.25) is 4.79 Å². The van der Waals surface area contributed by atoms with Crippen molar-refractivity contribution >= 4 is 11.7 Å². The van der Waals surface area contributed by atoms with E-state index in [9.17, 15) is 9.18 Å². The Morgan fingerprint density at radius 2 is 2.00 bits per heavy atom. The second-order valence-corrected chi connectivity index (χ2v) is 6.34. The van der Waals surface area contributed by atoms with Crippen LogP contribution in [0.3, 0.4) is 0 Å². The highest BCUT2D eigenvalue weighted by Gasteiger charge is 2.27. The number of rotatable bonds is 5. The minimum atomic E-state index is -0.255. The first-order valence-electron chi connectivity index (χ1n) is 8.80. The summed E-state index contributed by atoms with van der Waals surface area (Å²) in [5.74, 6) is 0.296. The molecule has 0 bridgehead atoms. The summed E-state index contributed by atoms with van der Waals surface area (Å²) in [5, 5.41) is 11.3. The average molecular weight is 342 g/mol. The lowest BCUT2D eigenvalue weighted by atomic mass is 9.99. The summed E-state index contributed by atoms with van der Waals surface area (Å²) in [7, 11) is 0. The van der Waals surface area contributed by atoms with E-state index in [-0.39, 0.29) is 11.7 Å². The predicted molar refractivity (Wildman–Crippen MR) is 94.7 cm³/mol. The minimum absolute atomic E-state index is 0.0378. The van der Waals surface area contributed by atoms with Crippen LogP contribution in [0.5, 0.6) is 0 Å². The molecular formula is C19H23FN4O. The molecule has 1 aliphatic rings. The maximum absolute atomic E-state index is 12.9. The molecule has 0 radical (unpaired) electrons. The number of carbonyl (C=O) groups excluding carboxylic acids is 1. The van der Waals surface area contributed by atoms with Crippen molar-refractivity contribution in [1.82, 2.24) is 15.1 Å². The monoisotopic (exact) mass is 342 g/mol. The van der Waals surface area contributed by atoms with Gasteiger partial charge in [0.25, 0.3) is 5.91 Å². The quantitative estimate of drug-likeness (QED) is 0.901. The first-order valence-corrected chi connectivity index (χ1v) is 8.80. The lowest BCUT2D eigenvalue weighted by molar-refractivity contribution is 0.0601. The zero-order chi connectivity index (χ0) is 17.6. The average Bonchev–Trinajstić information content (AvgIpc) is 2.67. The number of likely N-dealkylation sites (tertiary alicyclic amines) is 1. The van der Waals surface area contributed by atoms with Crippen LogP contribution in [0.4, 0.5) is 10.2 Å². The summed E-state index contributed by atoms with van der Waals surface area (Å²) in [4.78, 5) is 14.6. The van der Waals surface area contributed by atoms with Gasteiger partial charge in [0.05, 0.1) is 0 Å². The number of benzene rings is 1. The molecule has 1 aromatic heterocycles. The summed E-state index contributed by atoms with van der Waals surface area (Å²) in [5.41, 5.74) is 1.33. The maximum atomic E-state index is 12.9. The molecule has 1 saturated heterocycles. The van der Waals surface area contributed by atoms with Crippen molar-refractivity contribution in [3.63, 3.8) is 0 Å². The number of carbonyl (C=O) groups is 1. The fourth-order valence-electron chi connectivity index (χ4n) is 3.18. The van der Waals surface area contributed by atoms with Gasteiger partial charge in [-0.15, -0.1) is 10.2 Å². The number of halogens is 1. The van der Waals surface area contributed by atoms with Crippen LogP contribution in [0, 0.1) is 5.82 Å². The van der Waals surface area contributed by atoms with Gasteiger partial charge in [0.15, 0.2) is 5.69 Å². The molecule has 0 aliphatic carbocycles. The summed E-state index contributed by atoms with van der Waals surface area (Å²) in [6.07, 6.45) is 4.26. The molecule has 1 aliphatic heterocycles. The lowest BCUT2D eigenvalue weighted by Gasteiger charge is -2.34. The van der Waals surface area contributed by atoms with E-state index in [2.05, 4.69) is 22.4 Å². The van der Waals surface area contributed by atoms with Crippen LogP contribution in [-0.2, 0) is 6.54 Å². The van der Waals surface area contributed by atoms with Crippen molar-refractivity contribution in [2.75, 3.05) is 11.9 Å². The highest BCUT2D eigenvalue weighted by atomic mass is 19.1. The first kappa shape index (κ1) is 17.3. The molecular weight excluding hydrogens is 319 g/mol. The van der Waals surface area contributed by atoms with Crippen molar-refractivity contribution < 1.29 is 9.18 Å². The molecule has 3 rings (SSSR count). The number of amides is 1. The predicted octanol–water partition coefficient (Wildman–Crippen LogP) is 3.63. The van der Waals surface area contributed by atoms with Crippen molar-refractivity contribution in [1.29, 1.82) is 0 Å². The fourth-order valence-corrected chi connectivity index (χ4v) is 3.18. The molecule has 1 aromatic carbocycles. The van der Waals surface area contributed by atoms with Crippen molar-refractivity contribution in [2.24, 2.45) is 0 Å². The van der Waals surface area contributed by atoms with E-state index in [0.29, 0.717) is 24.1 Å².